The topological polar surface area (TPSA) is 103 Å². The van der Waals surface area contributed by atoms with E-state index in [0.717, 1.165) is 17.1 Å². The first kappa shape index (κ1) is 18.7. The molecule has 0 aliphatic heterocycles. The summed E-state index contributed by atoms with van der Waals surface area (Å²) in [5.74, 6) is 0.858. The molecule has 0 atom stereocenters. The Morgan fingerprint density at radius 2 is 1.67 bits per heavy atom. The molecule has 0 spiro atoms. The third kappa shape index (κ3) is 5.18. The fraction of sp³-hybridized carbons (Fsp3) is 0.158. The Bertz CT molecular complexity index is 912. The summed E-state index contributed by atoms with van der Waals surface area (Å²) in [7, 11) is 0. The molecule has 1 aromatic heterocycles. The van der Waals surface area contributed by atoms with Gasteiger partial charge < -0.3 is 5.73 Å². The van der Waals surface area contributed by atoms with Gasteiger partial charge in [0.2, 0.25) is 5.91 Å². The maximum absolute atomic E-state index is 11.6. The first-order valence-corrected chi connectivity index (χ1v) is 9.38. The number of rotatable bonds is 7. The van der Waals surface area contributed by atoms with E-state index in [4.69, 9.17) is 5.73 Å². The van der Waals surface area contributed by atoms with Gasteiger partial charge in [-0.1, -0.05) is 60.3 Å². The molecule has 0 aliphatic carbocycles. The summed E-state index contributed by atoms with van der Waals surface area (Å²) in [6, 6.07) is 19.0. The van der Waals surface area contributed by atoms with Crippen LogP contribution in [-0.4, -0.2) is 32.5 Å². The molecule has 2 aromatic carbocycles. The monoisotopic (exact) mass is 381 g/mol. The van der Waals surface area contributed by atoms with E-state index in [1.165, 1.54) is 11.8 Å². The van der Waals surface area contributed by atoms with E-state index >= 15 is 0 Å². The van der Waals surface area contributed by atoms with E-state index in [2.05, 4.69) is 15.5 Å². The molecule has 8 heteroatoms. The molecule has 3 N–H and O–H groups in total. The summed E-state index contributed by atoms with van der Waals surface area (Å²) in [4.78, 5) is 22.3. The minimum absolute atomic E-state index is 0.156. The quantitative estimate of drug-likeness (QED) is 0.612. The number of imide groups is 1. The van der Waals surface area contributed by atoms with Gasteiger partial charge in [0.15, 0.2) is 5.16 Å². The number of carbonyl (C=O) groups is 2. The highest BCUT2D eigenvalue weighted by Crippen LogP contribution is 2.24. The van der Waals surface area contributed by atoms with E-state index in [1.807, 2.05) is 65.2 Å². The van der Waals surface area contributed by atoms with Crippen molar-refractivity contribution >= 4 is 23.7 Å². The van der Waals surface area contributed by atoms with Gasteiger partial charge in [-0.05, 0) is 17.7 Å². The lowest BCUT2D eigenvalue weighted by Gasteiger charge is -2.10. The van der Waals surface area contributed by atoms with Crippen LogP contribution in [0.15, 0.2) is 65.8 Å². The fourth-order valence-electron chi connectivity index (χ4n) is 2.56. The first-order chi connectivity index (χ1) is 13.1. The normalized spacial score (nSPS) is 10.5. The maximum Gasteiger partial charge on any atom is 0.318 e. The number of benzene rings is 2. The molecule has 0 fully saturated rings. The maximum atomic E-state index is 11.6. The number of nitrogens with two attached hydrogens (primary N) is 1. The molecule has 0 unspecified atom stereocenters. The molecule has 0 aliphatic rings. The number of para-hydroxylation sites is 1. The van der Waals surface area contributed by atoms with Crippen molar-refractivity contribution in [3.05, 3.63) is 72.1 Å². The van der Waals surface area contributed by atoms with Crippen LogP contribution < -0.4 is 11.1 Å². The Hall–Kier alpha value is -3.13. The lowest BCUT2D eigenvalue weighted by atomic mass is 10.1. The smallest absolute Gasteiger partial charge is 0.318 e. The van der Waals surface area contributed by atoms with Crippen LogP contribution in [0.2, 0.25) is 0 Å². The molecule has 3 amide bonds. The van der Waals surface area contributed by atoms with Crippen LogP contribution >= 0.6 is 11.8 Å². The molecule has 0 bridgehead atoms. The molecule has 0 radical (unpaired) electrons. The number of nitrogens with one attached hydrogen (secondary N) is 1. The number of nitrogens with zero attached hydrogens (tertiary/aromatic N) is 3. The van der Waals surface area contributed by atoms with Crippen LogP contribution in [0.4, 0.5) is 4.79 Å². The number of hydrogen-bond donors (Lipinski definition) is 2. The first-order valence-electron chi connectivity index (χ1n) is 8.39. The van der Waals surface area contributed by atoms with Gasteiger partial charge in [-0.2, -0.15) is 0 Å². The Kier molecular flexibility index (Phi) is 6.22. The molecule has 0 saturated heterocycles. The van der Waals surface area contributed by atoms with Crippen LogP contribution in [0.25, 0.3) is 5.69 Å². The average molecular weight is 381 g/mol. The van der Waals surface area contributed by atoms with Crippen LogP contribution in [0, 0.1) is 0 Å². The summed E-state index contributed by atoms with van der Waals surface area (Å²) >= 11 is 1.41. The van der Waals surface area contributed by atoms with Crippen molar-refractivity contribution in [2.75, 3.05) is 5.75 Å². The molecular formula is C19H19N5O2S. The second kappa shape index (κ2) is 9.00. The molecular weight excluding hydrogens is 362 g/mol. The van der Waals surface area contributed by atoms with Gasteiger partial charge in [0.25, 0.3) is 0 Å². The Morgan fingerprint density at radius 3 is 2.33 bits per heavy atom. The highest BCUT2D eigenvalue weighted by molar-refractivity contribution is 7.99. The third-order valence-electron chi connectivity index (χ3n) is 3.74. The minimum Gasteiger partial charge on any atom is -0.351 e. The highest BCUT2D eigenvalue weighted by Gasteiger charge is 2.15. The van der Waals surface area contributed by atoms with Crippen molar-refractivity contribution < 1.29 is 9.59 Å². The number of amides is 3. The number of aromatic nitrogens is 3. The van der Waals surface area contributed by atoms with Crippen molar-refractivity contribution in [1.82, 2.24) is 20.1 Å². The van der Waals surface area contributed by atoms with E-state index in [1.54, 1.807) is 0 Å². The lowest BCUT2D eigenvalue weighted by Crippen LogP contribution is -2.35. The van der Waals surface area contributed by atoms with E-state index in [-0.39, 0.29) is 6.42 Å². The fourth-order valence-corrected chi connectivity index (χ4v) is 3.47. The Labute approximate surface area is 161 Å². The third-order valence-corrected chi connectivity index (χ3v) is 4.67. The second-order valence-corrected chi connectivity index (χ2v) is 6.81. The molecule has 27 heavy (non-hydrogen) atoms. The Morgan fingerprint density at radius 1 is 1.00 bits per heavy atom. The summed E-state index contributed by atoms with van der Waals surface area (Å²) < 4.78 is 1.99. The highest BCUT2D eigenvalue weighted by atomic mass is 32.2. The van der Waals surface area contributed by atoms with Crippen LogP contribution in [0.1, 0.15) is 17.8 Å². The average Bonchev–Trinajstić information content (AvgIpc) is 3.05. The summed E-state index contributed by atoms with van der Waals surface area (Å²) in [5.41, 5.74) is 7.04. The molecule has 3 rings (SSSR count). The zero-order chi connectivity index (χ0) is 19.1. The van der Waals surface area contributed by atoms with Crippen LogP contribution in [-0.2, 0) is 11.2 Å². The number of thioether (sulfide) groups is 1. The number of urea groups is 1. The number of hydrogen-bond acceptors (Lipinski definition) is 5. The largest absolute Gasteiger partial charge is 0.351 e. The van der Waals surface area contributed by atoms with Gasteiger partial charge in [0.05, 0.1) is 0 Å². The standard InChI is InChI=1S/C19H19N5O2S/c20-18(26)21-17(25)11-12-27-19-23-22-16(13-14-7-3-1-4-8-14)24(19)15-9-5-2-6-10-15/h1-10H,11-13H2,(H3,20,21,25,26). The van der Waals surface area contributed by atoms with Gasteiger partial charge in [-0.25, -0.2) is 4.79 Å². The van der Waals surface area contributed by atoms with Gasteiger partial charge in [-0.15, -0.1) is 10.2 Å². The minimum atomic E-state index is -0.845. The summed E-state index contributed by atoms with van der Waals surface area (Å²) in [5, 5.41) is 11.4. The number of carbonyl (C=O) groups excluding carboxylic acids is 2. The van der Waals surface area contributed by atoms with E-state index in [9.17, 15) is 9.59 Å². The van der Waals surface area contributed by atoms with Gasteiger partial charge in [0.1, 0.15) is 5.82 Å². The SMILES string of the molecule is NC(=O)NC(=O)CCSc1nnc(Cc2ccccc2)n1-c1ccccc1. The van der Waals surface area contributed by atoms with Crippen molar-refractivity contribution in [2.45, 2.75) is 18.0 Å². The summed E-state index contributed by atoms with van der Waals surface area (Å²) in [6.07, 6.45) is 0.800. The molecule has 7 nitrogen and oxygen atoms in total. The summed E-state index contributed by atoms with van der Waals surface area (Å²) in [6.45, 7) is 0. The molecule has 138 valence electrons. The number of primary amides is 1. The molecule has 0 saturated carbocycles. The lowest BCUT2D eigenvalue weighted by molar-refractivity contribution is -0.119. The van der Waals surface area contributed by atoms with Gasteiger partial charge in [0, 0.05) is 24.3 Å². The van der Waals surface area contributed by atoms with Crippen molar-refractivity contribution in [2.24, 2.45) is 5.73 Å². The predicted octanol–water partition coefficient (Wildman–Crippen LogP) is 2.54. The van der Waals surface area contributed by atoms with Gasteiger partial charge in [-0.3, -0.25) is 14.7 Å². The molecule has 1 heterocycles. The second-order valence-electron chi connectivity index (χ2n) is 5.74. The van der Waals surface area contributed by atoms with Crippen LogP contribution in [0.3, 0.4) is 0 Å². The zero-order valence-electron chi connectivity index (χ0n) is 14.5. The van der Waals surface area contributed by atoms with Crippen molar-refractivity contribution in [3.63, 3.8) is 0 Å². The van der Waals surface area contributed by atoms with Gasteiger partial charge >= 0.3 is 6.03 Å². The predicted molar refractivity (Wildman–Crippen MR) is 104 cm³/mol. The van der Waals surface area contributed by atoms with Crippen molar-refractivity contribution in [3.8, 4) is 5.69 Å². The van der Waals surface area contributed by atoms with E-state index in [0.29, 0.717) is 17.3 Å². The van der Waals surface area contributed by atoms with Crippen LogP contribution in [0.5, 0.6) is 0 Å². The zero-order valence-corrected chi connectivity index (χ0v) is 15.4. The van der Waals surface area contributed by atoms with E-state index < -0.39 is 11.9 Å². The Balaban J connectivity index is 1.79. The molecule has 3 aromatic rings. The van der Waals surface area contributed by atoms with Crippen molar-refractivity contribution in [1.29, 1.82) is 0 Å².